The van der Waals surface area contributed by atoms with Crippen molar-refractivity contribution in [2.75, 3.05) is 19.7 Å². The number of aromatic nitrogens is 4. The summed E-state index contributed by atoms with van der Waals surface area (Å²) in [7, 11) is 0. The van der Waals surface area contributed by atoms with Gasteiger partial charge >= 0.3 is 0 Å². The van der Waals surface area contributed by atoms with Gasteiger partial charge in [-0.25, -0.2) is 4.52 Å². The van der Waals surface area contributed by atoms with Gasteiger partial charge in [-0.2, -0.15) is 0 Å². The maximum Gasteiger partial charge on any atom is 0.179 e. The summed E-state index contributed by atoms with van der Waals surface area (Å²) in [5, 5.41) is 33.6. The van der Waals surface area contributed by atoms with Crippen LogP contribution in [-0.2, 0) is 0 Å². The van der Waals surface area contributed by atoms with Crippen LogP contribution in [0.5, 0.6) is 11.5 Å². The fourth-order valence-corrected chi connectivity index (χ4v) is 2.09. The van der Waals surface area contributed by atoms with Crippen LogP contribution in [0.3, 0.4) is 0 Å². The fraction of sp³-hybridized carbons (Fsp3) is 0.267. The Morgan fingerprint density at radius 1 is 1.17 bits per heavy atom. The zero-order chi connectivity index (χ0) is 16.1. The number of phenols is 1. The average molecular weight is 315 g/mol. The lowest BCUT2D eigenvalue weighted by Gasteiger charge is -2.12. The van der Waals surface area contributed by atoms with E-state index in [2.05, 4.69) is 20.8 Å². The predicted octanol–water partition coefficient (Wildman–Crippen LogP) is 0.532. The Labute approximate surface area is 132 Å². The third kappa shape index (κ3) is 3.93. The van der Waals surface area contributed by atoms with Gasteiger partial charge in [0.1, 0.15) is 18.1 Å². The Hall–Kier alpha value is -2.71. The zero-order valence-electron chi connectivity index (χ0n) is 12.3. The number of hydrogen-bond donors (Lipinski definition) is 3. The molecule has 0 aliphatic rings. The molecule has 120 valence electrons. The molecule has 2 aromatic heterocycles. The first-order chi connectivity index (χ1) is 11.2. The number of aliphatic hydroxyl groups excluding tert-OH is 1. The highest BCUT2D eigenvalue weighted by Crippen LogP contribution is 2.15. The van der Waals surface area contributed by atoms with Crippen molar-refractivity contribution in [1.82, 2.24) is 25.4 Å². The van der Waals surface area contributed by atoms with Crippen molar-refractivity contribution in [2.24, 2.45) is 0 Å². The molecule has 2 heterocycles. The first-order valence-electron chi connectivity index (χ1n) is 7.20. The van der Waals surface area contributed by atoms with Crippen molar-refractivity contribution in [3.8, 4) is 11.5 Å². The van der Waals surface area contributed by atoms with Gasteiger partial charge in [0.15, 0.2) is 5.65 Å². The lowest BCUT2D eigenvalue weighted by Crippen LogP contribution is -2.26. The van der Waals surface area contributed by atoms with E-state index < -0.39 is 6.10 Å². The number of benzene rings is 1. The molecule has 23 heavy (non-hydrogen) atoms. The van der Waals surface area contributed by atoms with Crippen molar-refractivity contribution < 1.29 is 14.9 Å². The summed E-state index contributed by atoms with van der Waals surface area (Å²) in [6, 6.07) is 10.1. The molecule has 1 unspecified atom stereocenters. The van der Waals surface area contributed by atoms with Crippen LogP contribution in [0.15, 0.2) is 42.6 Å². The van der Waals surface area contributed by atoms with Gasteiger partial charge in [0.05, 0.1) is 6.10 Å². The molecule has 0 saturated carbocycles. The van der Waals surface area contributed by atoms with Crippen molar-refractivity contribution in [3.63, 3.8) is 0 Å². The number of aromatic hydroxyl groups is 1. The summed E-state index contributed by atoms with van der Waals surface area (Å²) in [5.74, 6) is 0.896. The maximum atomic E-state index is 10.2. The smallest absolute Gasteiger partial charge is 0.179 e. The van der Waals surface area contributed by atoms with Gasteiger partial charge in [0.2, 0.25) is 0 Å². The summed E-state index contributed by atoms with van der Waals surface area (Å²) in [6.07, 6.45) is 1.05. The molecular formula is C15H17N5O3. The molecule has 3 rings (SSSR count). The quantitative estimate of drug-likeness (QED) is 0.546. The van der Waals surface area contributed by atoms with Crippen LogP contribution in [0.4, 0.5) is 0 Å². The number of rotatable bonds is 7. The van der Waals surface area contributed by atoms with Gasteiger partial charge in [0.25, 0.3) is 0 Å². The number of nitrogens with one attached hydrogen (secondary N) is 1. The van der Waals surface area contributed by atoms with E-state index in [1.165, 1.54) is 4.52 Å². The number of pyridine rings is 1. The zero-order valence-corrected chi connectivity index (χ0v) is 12.3. The van der Waals surface area contributed by atoms with Crippen LogP contribution in [-0.4, -0.2) is 50.0 Å². The number of tetrazole rings is 1. The second-order valence-electron chi connectivity index (χ2n) is 5.01. The first kappa shape index (κ1) is 15.2. The molecule has 0 saturated heterocycles. The number of hydrogen-bond acceptors (Lipinski definition) is 7. The summed E-state index contributed by atoms with van der Waals surface area (Å²) in [5.41, 5.74) is 1.37. The van der Waals surface area contributed by atoms with Crippen LogP contribution in [0.1, 0.15) is 11.7 Å². The molecule has 1 aromatic carbocycles. The van der Waals surface area contributed by atoms with Crippen molar-refractivity contribution in [2.45, 2.75) is 6.10 Å². The molecular weight excluding hydrogens is 298 g/mol. The van der Waals surface area contributed by atoms with Gasteiger partial charge in [-0.05, 0) is 40.8 Å². The summed E-state index contributed by atoms with van der Waals surface area (Å²) in [4.78, 5) is 0. The van der Waals surface area contributed by atoms with Crippen LogP contribution in [0.25, 0.3) is 5.65 Å². The topological polar surface area (TPSA) is 105 Å². The molecule has 0 bridgehead atoms. The van der Waals surface area contributed by atoms with Crippen molar-refractivity contribution >= 4 is 5.65 Å². The highest BCUT2D eigenvalue weighted by atomic mass is 16.5. The van der Waals surface area contributed by atoms with E-state index in [0.717, 1.165) is 5.56 Å². The molecule has 1 atom stereocenters. The lowest BCUT2D eigenvalue weighted by atomic mass is 10.1. The Morgan fingerprint density at radius 3 is 2.83 bits per heavy atom. The number of aliphatic hydroxyl groups is 1. The minimum absolute atomic E-state index is 0.207. The number of ether oxygens (including phenoxy) is 1. The minimum atomic E-state index is -0.655. The Balaban J connectivity index is 1.42. The van der Waals surface area contributed by atoms with Crippen LogP contribution < -0.4 is 10.1 Å². The monoisotopic (exact) mass is 315 g/mol. The van der Waals surface area contributed by atoms with Gasteiger partial charge in [-0.3, -0.25) is 0 Å². The normalized spacial score (nSPS) is 12.4. The van der Waals surface area contributed by atoms with E-state index in [1.807, 2.05) is 0 Å². The largest absolute Gasteiger partial charge is 0.508 e. The molecule has 8 heteroatoms. The number of nitrogens with zero attached hydrogens (tertiary/aromatic N) is 4. The number of fused-ring (bicyclic) bond motifs is 1. The van der Waals surface area contributed by atoms with E-state index in [-0.39, 0.29) is 5.75 Å². The molecule has 0 aliphatic heterocycles. The average Bonchev–Trinajstić information content (AvgIpc) is 3.03. The van der Waals surface area contributed by atoms with E-state index in [1.54, 1.807) is 42.6 Å². The van der Waals surface area contributed by atoms with Crippen LogP contribution in [0, 0.1) is 0 Å². The van der Waals surface area contributed by atoms with Crippen molar-refractivity contribution in [1.29, 1.82) is 0 Å². The van der Waals surface area contributed by atoms with Crippen LogP contribution >= 0.6 is 0 Å². The van der Waals surface area contributed by atoms with Gasteiger partial charge in [-0.1, -0.05) is 6.07 Å². The molecule has 0 fully saturated rings. The van der Waals surface area contributed by atoms with E-state index >= 15 is 0 Å². The fourth-order valence-electron chi connectivity index (χ4n) is 2.09. The molecule has 0 aliphatic carbocycles. The maximum absolute atomic E-state index is 10.2. The van der Waals surface area contributed by atoms with E-state index in [4.69, 9.17) is 4.74 Å². The van der Waals surface area contributed by atoms with Gasteiger partial charge in [0, 0.05) is 24.8 Å². The minimum Gasteiger partial charge on any atom is -0.508 e. The summed E-state index contributed by atoms with van der Waals surface area (Å²) >= 11 is 0. The molecule has 3 aromatic rings. The number of phenolic OH excluding ortho intramolecular Hbond substituents is 1. The third-order valence-corrected chi connectivity index (χ3v) is 3.32. The highest BCUT2D eigenvalue weighted by Gasteiger charge is 2.08. The lowest BCUT2D eigenvalue weighted by molar-refractivity contribution is 0.171. The molecule has 3 N–H and O–H groups in total. The highest BCUT2D eigenvalue weighted by molar-refractivity contribution is 5.36. The molecule has 0 radical (unpaired) electrons. The second kappa shape index (κ2) is 7.03. The second-order valence-corrected chi connectivity index (χ2v) is 5.01. The summed E-state index contributed by atoms with van der Waals surface area (Å²) in [6.45, 7) is 1.45. The third-order valence-electron chi connectivity index (χ3n) is 3.32. The van der Waals surface area contributed by atoms with Crippen molar-refractivity contribution in [3.05, 3.63) is 48.2 Å². The molecule has 0 spiro atoms. The Morgan fingerprint density at radius 2 is 2.00 bits per heavy atom. The van der Waals surface area contributed by atoms with Gasteiger partial charge < -0.3 is 20.3 Å². The summed E-state index contributed by atoms with van der Waals surface area (Å²) < 4.78 is 7.03. The Bertz CT molecular complexity index is 759. The van der Waals surface area contributed by atoms with E-state index in [9.17, 15) is 10.2 Å². The Kier molecular flexibility index (Phi) is 4.65. The molecule has 0 amide bonds. The van der Waals surface area contributed by atoms with Gasteiger partial charge in [-0.15, -0.1) is 5.10 Å². The molecule has 8 nitrogen and oxygen atoms in total. The standard InChI is InChI=1S/C15H17N5O3/c21-12-2-4-13(5-3-12)23-8-7-16-9-14(22)11-1-6-15-17-18-19-20(15)10-11/h1-6,10,14,16,21-22H,7-9H2. The SMILES string of the molecule is Oc1ccc(OCCNCC(O)c2ccc3nnnn3c2)cc1. The van der Waals surface area contributed by atoms with E-state index in [0.29, 0.717) is 31.1 Å². The van der Waals surface area contributed by atoms with Crippen LogP contribution in [0.2, 0.25) is 0 Å². The first-order valence-corrected chi connectivity index (χ1v) is 7.20. The predicted molar refractivity (Wildman–Crippen MR) is 82.2 cm³/mol.